The van der Waals surface area contributed by atoms with Gasteiger partial charge >= 0.3 is 6.18 Å². The summed E-state index contributed by atoms with van der Waals surface area (Å²) >= 11 is 0. The highest BCUT2D eigenvalue weighted by Crippen LogP contribution is 2.31. The van der Waals surface area contributed by atoms with Crippen molar-refractivity contribution in [2.75, 3.05) is 0 Å². The molecule has 3 nitrogen and oxygen atoms in total. The fourth-order valence-corrected chi connectivity index (χ4v) is 1.96. The maximum atomic E-state index is 12.7. The predicted octanol–water partition coefficient (Wildman–Crippen LogP) is 2.85. The second-order valence-corrected chi connectivity index (χ2v) is 4.63. The molecule has 0 aliphatic heterocycles. The van der Waals surface area contributed by atoms with Crippen molar-refractivity contribution >= 4 is 10.9 Å². The Morgan fingerprint density at radius 3 is 2.53 bits per heavy atom. The molecule has 0 spiro atoms. The van der Waals surface area contributed by atoms with Crippen LogP contribution in [0.3, 0.4) is 0 Å². The number of rotatable bonds is 2. The highest BCUT2D eigenvalue weighted by molar-refractivity contribution is 5.82. The largest absolute Gasteiger partial charge is 0.416 e. The van der Waals surface area contributed by atoms with Gasteiger partial charge in [0.1, 0.15) is 5.82 Å². The highest BCUT2D eigenvalue weighted by atomic mass is 19.4. The lowest BCUT2D eigenvalue weighted by atomic mass is 10.1. The first-order valence-electron chi connectivity index (χ1n) is 5.87. The number of aryl methyl sites for hydroxylation is 1. The Morgan fingerprint density at radius 1 is 1.26 bits per heavy atom. The van der Waals surface area contributed by atoms with Crippen molar-refractivity contribution in [2.45, 2.75) is 32.5 Å². The van der Waals surface area contributed by atoms with Crippen LogP contribution in [0.2, 0.25) is 0 Å². The van der Waals surface area contributed by atoms with Crippen LogP contribution >= 0.6 is 0 Å². The molecule has 1 heterocycles. The number of benzene rings is 1. The standard InChI is InChI=1S/C13H14F3N3/c1-7(17)5-12-10-6-9(13(14,15)16)3-4-11(10)18-8(2)19-12/h3-4,6-7H,5,17H2,1-2H3. The van der Waals surface area contributed by atoms with Crippen LogP contribution in [0.15, 0.2) is 18.2 Å². The predicted molar refractivity (Wildman–Crippen MR) is 66.6 cm³/mol. The Bertz CT molecular complexity index is 606. The van der Waals surface area contributed by atoms with E-state index in [1.807, 2.05) is 0 Å². The summed E-state index contributed by atoms with van der Waals surface area (Å²) in [5.74, 6) is 0.530. The molecular weight excluding hydrogens is 255 g/mol. The highest BCUT2D eigenvalue weighted by Gasteiger charge is 2.30. The van der Waals surface area contributed by atoms with Crippen LogP contribution in [0.1, 0.15) is 24.0 Å². The van der Waals surface area contributed by atoms with Crippen LogP contribution in [0, 0.1) is 6.92 Å². The van der Waals surface area contributed by atoms with Gasteiger partial charge in [-0.15, -0.1) is 0 Å². The molecule has 0 aliphatic rings. The minimum atomic E-state index is -4.37. The first-order chi connectivity index (χ1) is 8.77. The molecule has 1 aromatic carbocycles. The molecule has 0 bridgehead atoms. The topological polar surface area (TPSA) is 51.8 Å². The summed E-state index contributed by atoms with van der Waals surface area (Å²) in [6, 6.07) is 3.32. The van der Waals surface area contributed by atoms with Crippen molar-refractivity contribution < 1.29 is 13.2 Å². The molecular formula is C13H14F3N3. The van der Waals surface area contributed by atoms with Crippen molar-refractivity contribution in [1.29, 1.82) is 0 Å². The van der Waals surface area contributed by atoms with Gasteiger partial charge in [-0.2, -0.15) is 13.2 Å². The number of aromatic nitrogens is 2. The van der Waals surface area contributed by atoms with Crippen LogP contribution < -0.4 is 5.73 Å². The van der Waals surface area contributed by atoms with E-state index in [-0.39, 0.29) is 6.04 Å². The number of hydrogen-bond acceptors (Lipinski definition) is 3. The van der Waals surface area contributed by atoms with Crippen molar-refractivity contribution in [3.8, 4) is 0 Å². The average molecular weight is 269 g/mol. The van der Waals surface area contributed by atoms with Crippen LogP contribution in [0.4, 0.5) is 13.2 Å². The van der Waals surface area contributed by atoms with Gasteiger partial charge < -0.3 is 5.73 Å². The number of nitrogens with two attached hydrogens (primary N) is 1. The van der Waals surface area contributed by atoms with Crippen molar-refractivity contribution in [1.82, 2.24) is 9.97 Å². The zero-order valence-corrected chi connectivity index (χ0v) is 10.6. The lowest BCUT2D eigenvalue weighted by Gasteiger charge is -2.12. The molecule has 0 fully saturated rings. The molecule has 2 N–H and O–H groups in total. The summed E-state index contributed by atoms with van der Waals surface area (Å²) in [5.41, 5.74) is 6.08. The SMILES string of the molecule is Cc1nc(CC(C)N)c2cc(C(F)(F)F)ccc2n1. The number of halogens is 3. The summed E-state index contributed by atoms with van der Waals surface area (Å²) in [7, 11) is 0. The van der Waals surface area contributed by atoms with E-state index in [2.05, 4.69) is 9.97 Å². The molecule has 102 valence electrons. The fourth-order valence-electron chi connectivity index (χ4n) is 1.96. The van der Waals surface area contributed by atoms with E-state index in [4.69, 9.17) is 5.73 Å². The van der Waals surface area contributed by atoms with E-state index in [1.54, 1.807) is 13.8 Å². The zero-order chi connectivity index (χ0) is 14.2. The van der Waals surface area contributed by atoms with Gasteiger partial charge in [0, 0.05) is 17.8 Å². The summed E-state index contributed by atoms with van der Waals surface area (Å²) in [4.78, 5) is 8.35. The maximum Gasteiger partial charge on any atom is 0.416 e. The van der Waals surface area contributed by atoms with E-state index in [9.17, 15) is 13.2 Å². The maximum absolute atomic E-state index is 12.7. The third-order valence-corrected chi connectivity index (χ3v) is 2.73. The van der Waals surface area contributed by atoms with E-state index in [0.29, 0.717) is 28.8 Å². The molecule has 0 saturated carbocycles. The Labute approximate surface area is 108 Å². The number of nitrogens with zero attached hydrogens (tertiary/aromatic N) is 2. The van der Waals surface area contributed by atoms with E-state index in [0.717, 1.165) is 12.1 Å². The second-order valence-electron chi connectivity index (χ2n) is 4.63. The van der Waals surface area contributed by atoms with Gasteiger partial charge in [-0.1, -0.05) is 0 Å². The summed E-state index contributed by atoms with van der Waals surface area (Å²) in [6.07, 6.45) is -3.95. The Kier molecular flexibility index (Phi) is 3.45. The average Bonchev–Trinajstić information content (AvgIpc) is 2.26. The summed E-state index contributed by atoms with van der Waals surface area (Å²) < 4.78 is 38.2. The molecule has 1 unspecified atom stereocenters. The molecule has 2 rings (SSSR count). The molecule has 1 atom stereocenters. The second kappa shape index (κ2) is 4.77. The molecule has 19 heavy (non-hydrogen) atoms. The molecule has 0 saturated heterocycles. The quantitative estimate of drug-likeness (QED) is 0.912. The number of hydrogen-bond donors (Lipinski definition) is 1. The van der Waals surface area contributed by atoms with Gasteiger partial charge in [-0.25, -0.2) is 9.97 Å². The van der Waals surface area contributed by atoms with Gasteiger partial charge in [0.2, 0.25) is 0 Å². The lowest BCUT2D eigenvalue weighted by Crippen LogP contribution is -2.19. The first-order valence-corrected chi connectivity index (χ1v) is 5.87. The van der Waals surface area contributed by atoms with Crippen LogP contribution in [0.25, 0.3) is 10.9 Å². The summed E-state index contributed by atoms with van der Waals surface area (Å²) in [5, 5.41) is 0.415. The van der Waals surface area contributed by atoms with Crippen LogP contribution in [0.5, 0.6) is 0 Å². The Morgan fingerprint density at radius 2 is 1.95 bits per heavy atom. The summed E-state index contributed by atoms with van der Waals surface area (Å²) in [6.45, 7) is 3.50. The molecule has 0 aliphatic carbocycles. The van der Waals surface area contributed by atoms with Gasteiger partial charge in [-0.3, -0.25) is 0 Å². The number of fused-ring (bicyclic) bond motifs is 1. The monoisotopic (exact) mass is 269 g/mol. The molecule has 0 radical (unpaired) electrons. The normalized spacial score (nSPS) is 13.8. The van der Waals surface area contributed by atoms with Crippen molar-refractivity contribution in [3.63, 3.8) is 0 Å². The van der Waals surface area contributed by atoms with Crippen molar-refractivity contribution in [2.24, 2.45) is 5.73 Å². The third kappa shape index (κ3) is 3.01. The minimum Gasteiger partial charge on any atom is -0.328 e. The molecule has 6 heteroatoms. The molecule has 1 aromatic heterocycles. The van der Waals surface area contributed by atoms with Gasteiger partial charge in [0.15, 0.2) is 0 Å². The zero-order valence-electron chi connectivity index (χ0n) is 10.6. The van der Waals surface area contributed by atoms with Gasteiger partial charge in [-0.05, 0) is 32.0 Å². The van der Waals surface area contributed by atoms with Crippen LogP contribution in [-0.4, -0.2) is 16.0 Å². The third-order valence-electron chi connectivity index (χ3n) is 2.73. The van der Waals surface area contributed by atoms with E-state index >= 15 is 0 Å². The Hall–Kier alpha value is -1.69. The lowest BCUT2D eigenvalue weighted by molar-refractivity contribution is -0.137. The molecule has 0 amide bonds. The van der Waals surface area contributed by atoms with Gasteiger partial charge in [0.05, 0.1) is 16.8 Å². The first kappa shape index (κ1) is 13.7. The van der Waals surface area contributed by atoms with Crippen LogP contribution in [-0.2, 0) is 12.6 Å². The van der Waals surface area contributed by atoms with Crippen molar-refractivity contribution in [3.05, 3.63) is 35.3 Å². The molecule has 2 aromatic rings. The fraction of sp³-hybridized carbons (Fsp3) is 0.385. The van der Waals surface area contributed by atoms with E-state index in [1.165, 1.54) is 6.07 Å². The number of alkyl halides is 3. The Balaban J connectivity index is 2.65. The minimum absolute atomic E-state index is 0.174. The van der Waals surface area contributed by atoms with E-state index < -0.39 is 11.7 Å². The smallest absolute Gasteiger partial charge is 0.328 e. The van der Waals surface area contributed by atoms with Gasteiger partial charge in [0.25, 0.3) is 0 Å².